The van der Waals surface area contributed by atoms with Crippen molar-refractivity contribution in [2.75, 3.05) is 6.61 Å². The molecule has 0 bridgehead atoms. The van der Waals surface area contributed by atoms with E-state index in [0.29, 0.717) is 12.2 Å². The molecule has 0 unspecified atom stereocenters. The van der Waals surface area contributed by atoms with Gasteiger partial charge in [-0.15, -0.1) is 0 Å². The molecule has 0 aliphatic carbocycles. The molecule has 0 aromatic carbocycles. The van der Waals surface area contributed by atoms with Crippen LogP contribution in [0.5, 0.6) is 0 Å². The van der Waals surface area contributed by atoms with E-state index in [9.17, 15) is 18.0 Å². The van der Waals surface area contributed by atoms with Gasteiger partial charge >= 0.3 is 12.1 Å². The number of aromatic nitrogens is 2. The second-order valence-corrected chi connectivity index (χ2v) is 7.07. The Morgan fingerprint density at radius 1 is 1.10 bits per heavy atom. The van der Waals surface area contributed by atoms with Gasteiger partial charge in [-0.05, 0) is 32.6 Å². The van der Waals surface area contributed by atoms with Crippen LogP contribution in [0, 0.1) is 0 Å². The number of carboxylic acid groups (broad SMARTS) is 1. The van der Waals surface area contributed by atoms with Crippen LogP contribution < -0.4 is 9.67 Å². The average Bonchev–Trinajstić information content (AvgIpc) is 3.12. The summed E-state index contributed by atoms with van der Waals surface area (Å²) in [5.41, 5.74) is 0.478. The number of nitrogens with zero attached hydrogens (tertiary/aromatic N) is 2. The zero-order valence-electron chi connectivity index (χ0n) is 17.9. The van der Waals surface area contributed by atoms with Crippen LogP contribution in [0.2, 0.25) is 0 Å². The minimum Gasteiger partial charge on any atom is -0.542 e. The number of hydrogen-bond donors (Lipinski definition) is 0. The van der Waals surface area contributed by atoms with Crippen LogP contribution in [0.15, 0.2) is 30.9 Å². The number of ether oxygens (including phenoxy) is 1. The predicted octanol–water partition coefficient (Wildman–Crippen LogP) is 3.33. The Hall–Kier alpha value is -2.32. The lowest BCUT2D eigenvalue weighted by molar-refractivity contribution is -0.696. The Labute approximate surface area is 176 Å². The van der Waals surface area contributed by atoms with Crippen molar-refractivity contribution >= 4 is 11.9 Å². The van der Waals surface area contributed by atoms with E-state index in [-0.39, 0.29) is 5.97 Å². The van der Waals surface area contributed by atoms with Crippen molar-refractivity contribution < 1.29 is 37.2 Å². The fourth-order valence-corrected chi connectivity index (χ4v) is 2.44. The van der Waals surface area contributed by atoms with Gasteiger partial charge in [-0.1, -0.05) is 39.2 Å². The lowest BCUT2D eigenvalue weighted by Crippen LogP contribution is -2.37. The summed E-state index contributed by atoms with van der Waals surface area (Å²) in [6.07, 6.45) is 10.9. The third-order valence-electron chi connectivity index (χ3n) is 4.14. The molecule has 0 spiro atoms. The summed E-state index contributed by atoms with van der Waals surface area (Å²) < 4.78 is 41.2. The van der Waals surface area contributed by atoms with E-state index in [4.69, 9.17) is 14.6 Å². The van der Waals surface area contributed by atoms with Crippen molar-refractivity contribution in [3.05, 3.63) is 30.9 Å². The number of aryl methyl sites for hydroxylation is 2. The molecule has 6 nitrogen and oxygen atoms in total. The van der Waals surface area contributed by atoms with Crippen molar-refractivity contribution in [1.29, 1.82) is 0 Å². The lowest BCUT2D eigenvalue weighted by atomic mass is 10.1. The number of imidazole rings is 1. The maximum Gasteiger partial charge on any atom is 0.430 e. The SMILES string of the molecule is C=C(C)C(=O)OCCCCCCCC[n+]1ccn(CCCC)c1.O=C([O-])C(F)(F)F. The molecular weight excluding hydrogens is 401 g/mol. The Balaban J connectivity index is 0.00000103. The van der Waals surface area contributed by atoms with Crippen LogP contribution in [0.4, 0.5) is 13.2 Å². The van der Waals surface area contributed by atoms with Crippen molar-refractivity contribution in [2.24, 2.45) is 0 Å². The van der Waals surface area contributed by atoms with Crippen LogP contribution in [0.1, 0.15) is 65.2 Å². The fraction of sp³-hybridized carbons (Fsp3) is 0.667. The molecule has 1 rings (SSSR count). The van der Waals surface area contributed by atoms with E-state index in [2.05, 4.69) is 41.4 Å². The number of alkyl halides is 3. The van der Waals surface area contributed by atoms with Crippen molar-refractivity contribution in [1.82, 2.24) is 4.57 Å². The molecule has 0 aliphatic heterocycles. The molecule has 1 heterocycles. The highest BCUT2D eigenvalue weighted by Crippen LogP contribution is 2.11. The molecule has 0 aliphatic rings. The highest BCUT2D eigenvalue weighted by molar-refractivity contribution is 5.86. The summed E-state index contributed by atoms with van der Waals surface area (Å²) in [6, 6.07) is 0. The van der Waals surface area contributed by atoms with Crippen LogP contribution in [0.3, 0.4) is 0 Å². The molecule has 0 saturated carbocycles. The molecule has 0 fully saturated rings. The summed E-state index contributed by atoms with van der Waals surface area (Å²) in [6.45, 7) is 10.2. The maximum absolute atomic E-state index is 11.2. The van der Waals surface area contributed by atoms with E-state index >= 15 is 0 Å². The first-order valence-electron chi connectivity index (χ1n) is 10.2. The van der Waals surface area contributed by atoms with Gasteiger partial charge in [0.05, 0.1) is 19.7 Å². The minimum atomic E-state index is -5.19. The van der Waals surface area contributed by atoms with Crippen molar-refractivity contribution in [3.63, 3.8) is 0 Å². The smallest absolute Gasteiger partial charge is 0.430 e. The summed E-state index contributed by atoms with van der Waals surface area (Å²) in [7, 11) is 0. The zero-order valence-corrected chi connectivity index (χ0v) is 17.9. The van der Waals surface area contributed by atoms with Gasteiger partial charge in [-0.2, -0.15) is 13.2 Å². The number of carbonyl (C=O) groups is 2. The number of aliphatic carboxylic acids is 1. The van der Waals surface area contributed by atoms with E-state index in [1.807, 2.05) is 0 Å². The standard InChI is InChI=1S/C19H33N2O2.C2HF3O2/c1-4-5-12-20-14-15-21(17-20)13-10-8-6-7-9-11-16-23-19(22)18(2)3;3-2(4,5)1(6)7/h14-15,17H,2,4-13,16H2,1,3H3;(H,6,7)/q+1;/p-1. The lowest BCUT2D eigenvalue weighted by Gasteiger charge is -2.04. The van der Waals surface area contributed by atoms with Gasteiger partial charge < -0.3 is 14.6 Å². The Kier molecular flexibility index (Phi) is 14.3. The molecule has 0 amide bonds. The normalized spacial score (nSPS) is 10.8. The first-order chi connectivity index (χ1) is 14.1. The Morgan fingerprint density at radius 2 is 1.67 bits per heavy atom. The highest BCUT2D eigenvalue weighted by Gasteiger charge is 2.28. The maximum atomic E-state index is 11.2. The molecule has 30 heavy (non-hydrogen) atoms. The number of halogens is 3. The number of esters is 1. The molecule has 0 atom stereocenters. The molecular formula is C21H33F3N2O4. The molecule has 0 radical (unpaired) electrons. The van der Waals surface area contributed by atoms with E-state index in [0.717, 1.165) is 25.9 Å². The van der Waals surface area contributed by atoms with Gasteiger partial charge in [0.1, 0.15) is 18.4 Å². The molecule has 9 heteroatoms. The fourth-order valence-electron chi connectivity index (χ4n) is 2.44. The molecule has 0 N–H and O–H groups in total. The average molecular weight is 434 g/mol. The minimum absolute atomic E-state index is 0.270. The highest BCUT2D eigenvalue weighted by atomic mass is 19.4. The summed E-state index contributed by atoms with van der Waals surface area (Å²) in [5.74, 6) is -3.28. The molecule has 1 aromatic rings. The first-order valence-corrected chi connectivity index (χ1v) is 10.2. The molecule has 1 aromatic heterocycles. The predicted molar refractivity (Wildman–Crippen MR) is 104 cm³/mol. The molecule has 172 valence electrons. The van der Waals surface area contributed by atoms with Gasteiger partial charge in [-0.25, -0.2) is 13.9 Å². The van der Waals surface area contributed by atoms with Crippen LogP contribution in [-0.4, -0.2) is 29.3 Å². The summed E-state index contributed by atoms with van der Waals surface area (Å²) in [4.78, 5) is 20.0. The number of carbonyl (C=O) groups excluding carboxylic acids is 2. The van der Waals surface area contributed by atoms with E-state index < -0.39 is 12.1 Å². The Morgan fingerprint density at radius 3 is 2.20 bits per heavy atom. The first kappa shape index (κ1) is 27.7. The van der Waals surface area contributed by atoms with E-state index in [1.165, 1.54) is 38.5 Å². The van der Waals surface area contributed by atoms with E-state index in [1.54, 1.807) is 6.92 Å². The number of unbranched alkanes of at least 4 members (excludes halogenated alkanes) is 6. The van der Waals surface area contributed by atoms with Gasteiger partial charge in [0.25, 0.3) is 0 Å². The third-order valence-corrected chi connectivity index (χ3v) is 4.14. The third kappa shape index (κ3) is 14.6. The van der Waals surface area contributed by atoms with Gasteiger partial charge in [0, 0.05) is 5.57 Å². The second-order valence-electron chi connectivity index (χ2n) is 7.07. The van der Waals surface area contributed by atoms with Gasteiger partial charge in [0.2, 0.25) is 6.33 Å². The number of rotatable bonds is 13. The number of hydrogen-bond acceptors (Lipinski definition) is 4. The van der Waals surface area contributed by atoms with Gasteiger partial charge in [0.15, 0.2) is 0 Å². The zero-order chi connectivity index (χ0) is 23.0. The largest absolute Gasteiger partial charge is 0.542 e. The topological polar surface area (TPSA) is 75.2 Å². The molecule has 0 saturated heterocycles. The Bertz CT molecular complexity index is 642. The van der Waals surface area contributed by atoms with Crippen LogP contribution >= 0.6 is 0 Å². The van der Waals surface area contributed by atoms with Crippen molar-refractivity contribution in [3.8, 4) is 0 Å². The monoisotopic (exact) mass is 434 g/mol. The van der Waals surface area contributed by atoms with Crippen LogP contribution in [-0.2, 0) is 27.4 Å². The summed E-state index contributed by atoms with van der Waals surface area (Å²) in [5, 5.41) is 8.78. The second kappa shape index (κ2) is 15.5. The number of carboxylic acids is 1. The van der Waals surface area contributed by atoms with Gasteiger partial charge in [-0.3, -0.25) is 0 Å². The summed E-state index contributed by atoms with van der Waals surface area (Å²) >= 11 is 0. The van der Waals surface area contributed by atoms with Crippen LogP contribution in [0.25, 0.3) is 0 Å². The van der Waals surface area contributed by atoms with Crippen molar-refractivity contribution in [2.45, 2.75) is 84.5 Å². The quantitative estimate of drug-likeness (QED) is 0.207.